The molecule has 1 amide bonds. The molecule has 0 aliphatic heterocycles. The lowest BCUT2D eigenvalue weighted by molar-refractivity contribution is 0.0949. The topological polar surface area (TPSA) is 116 Å². The van der Waals surface area contributed by atoms with Gasteiger partial charge < -0.3 is 19.5 Å². The fourth-order valence-electron chi connectivity index (χ4n) is 3.55. The molecule has 0 bridgehead atoms. The van der Waals surface area contributed by atoms with Gasteiger partial charge in [-0.1, -0.05) is 0 Å². The molecule has 3 heterocycles. The standard InChI is InChI=1S/C23H26N6O4S/c1-13-8-14(2)29(28-13)23-25-16(12-34-23)6-7-24-22(30)18-11-17(26-27-18)15-9-19(31-3)21(33-5)20(10-15)32-4/h8-12H,6-7H2,1-5H3,(H,24,30)(H,26,27). The minimum Gasteiger partial charge on any atom is -0.493 e. The fourth-order valence-corrected chi connectivity index (χ4v) is 4.41. The monoisotopic (exact) mass is 482 g/mol. The number of methoxy groups -OCH3 is 3. The minimum absolute atomic E-state index is 0.250. The number of amides is 1. The first-order valence-electron chi connectivity index (χ1n) is 10.6. The van der Waals surface area contributed by atoms with Gasteiger partial charge in [-0.05, 0) is 38.1 Å². The number of rotatable bonds is 9. The Hall–Kier alpha value is -3.86. The third kappa shape index (κ3) is 4.74. The number of carbonyl (C=O) groups is 1. The summed E-state index contributed by atoms with van der Waals surface area (Å²) in [5, 5.41) is 17.2. The van der Waals surface area contributed by atoms with Gasteiger partial charge >= 0.3 is 0 Å². The summed E-state index contributed by atoms with van der Waals surface area (Å²) in [6, 6.07) is 7.25. The van der Waals surface area contributed by atoms with Crippen molar-refractivity contribution < 1.29 is 19.0 Å². The number of ether oxygens (including phenoxy) is 3. The molecule has 11 heteroatoms. The highest BCUT2D eigenvalue weighted by atomic mass is 32.1. The Balaban J connectivity index is 1.39. The first kappa shape index (κ1) is 23.3. The van der Waals surface area contributed by atoms with Crippen molar-refractivity contribution in [3.05, 3.63) is 52.4 Å². The third-order valence-electron chi connectivity index (χ3n) is 5.18. The van der Waals surface area contributed by atoms with Gasteiger partial charge in [-0.2, -0.15) is 10.2 Å². The predicted molar refractivity (Wildman–Crippen MR) is 128 cm³/mol. The molecule has 4 rings (SSSR count). The summed E-state index contributed by atoms with van der Waals surface area (Å²) in [5.74, 6) is 1.26. The fraction of sp³-hybridized carbons (Fsp3) is 0.304. The molecule has 0 aliphatic rings. The molecule has 178 valence electrons. The molecule has 34 heavy (non-hydrogen) atoms. The quantitative estimate of drug-likeness (QED) is 0.376. The van der Waals surface area contributed by atoms with Gasteiger partial charge in [0.2, 0.25) is 10.9 Å². The Bertz CT molecular complexity index is 1280. The van der Waals surface area contributed by atoms with E-state index in [9.17, 15) is 4.79 Å². The molecule has 4 aromatic rings. The SMILES string of the molecule is COc1cc(-c2cc(C(=O)NCCc3csc(-n4nc(C)cc4C)n3)[nH]n2)cc(OC)c1OC. The minimum atomic E-state index is -0.250. The summed E-state index contributed by atoms with van der Waals surface area (Å²) in [6.07, 6.45) is 0.607. The number of H-pyrrole nitrogens is 1. The molecule has 0 fully saturated rings. The number of carbonyl (C=O) groups excluding carboxylic acids is 1. The molecule has 0 unspecified atom stereocenters. The maximum absolute atomic E-state index is 12.6. The zero-order chi connectivity index (χ0) is 24.2. The lowest BCUT2D eigenvalue weighted by Crippen LogP contribution is -2.26. The van der Waals surface area contributed by atoms with Gasteiger partial charge in [-0.3, -0.25) is 9.89 Å². The van der Waals surface area contributed by atoms with Gasteiger partial charge in [0, 0.05) is 29.6 Å². The van der Waals surface area contributed by atoms with Gasteiger partial charge in [0.15, 0.2) is 11.5 Å². The molecule has 1 aromatic carbocycles. The predicted octanol–water partition coefficient (Wildman–Crippen LogP) is 3.33. The number of benzene rings is 1. The maximum atomic E-state index is 12.6. The zero-order valence-corrected chi connectivity index (χ0v) is 20.4. The first-order chi connectivity index (χ1) is 16.4. The Morgan fingerprint density at radius 3 is 2.44 bits per heavy atom. The number of aromatic amines is 1. The van der Waals surface area contributed by atoms with E-state index in [0.29, 0.717) is 41.6 Å². The van der Waals surface area contributed by atoms with Crippen LogP contribution in [-0.2, 0) is 6.42 Å². The molecule has 0 radical (unpaired) electrons. The summed E-state index contributed by atoms with van der Waals surface area (Å²) < 4.78 is 18.0. The molecule has 0 aliphatic carbocycles. The van der Waals surface area contributed by atoms with E-state index in [4.69, 9.17) is 14.2 Å². The van der Waals surface area contributed by atoms with Crippen molar-refractivity contribution in [3.63, 3.8) is 0 Å². The second kappa shape index (κ2) is 9.96. The third-order valence-corrected chi connectivity index (χ3v) is 6.05. The van der Waals surface area contributed by atoms with Crippen LogP contribution in [0, 0.1) is 13.8 Å². The lowest BCUT2D eigenvalue weighted by atomic mass is 10.1. The van der Waals surface area contributed by atoms with Crippen LogP contribution in [0.15, 0.2) is 29.6 Å². The van der Waals surface area contributed by atoms with Crippen molar-refractivity contribution in [1.29, 1.82) is 0 Å². The average molecular weight is 483 g/mol. The summed E-state index contributed by atoms with van der Waals surface area (Å²) in [7, 11) is 4.64. The molecule has 0 saturated heterocycles. The van der Waals surface area contributed by atoms with Gasteiger partial charge in [0.1, 0.15) is 5.69 Å². The number of thiazole rings is 1. The van der Waals surface area contributed by atoms with Crippen molar-refractivity contribution >= 4 is 17.2 Å². The van der Waals surface area contributed by atoms with E-state index in [1.165, 1.54) is 11.3 Å². The number of nitrogens with one attached hydrogen (secondary N) is 2. The van der Waals surface area contributed by atoms with Gasteiger partial charge in [-0.15, -0.1) is 11.3 Å². The van der Waals surface area contributed by atoms with Crippen molar-refractivity contribution in [3.8, 4) is 33.6 Å². The Kier molecular flexibility index (Phi) is 6.82. The number of hydrogen-bond donors (Lipinski definition) is 2. The van der Waals surface area contributed by atoms with Crippen molar-refractivity contribution in [1.82, 2.24) is 30.3 Å². The van der Waals surface area contributed by atoms with E-state index in [2.05, 4.69) is 25.6 Å². The summed E-state index contributed by atoms with van der Waals surface area (Å²) in [5.41, 5.74) is 4.55. The highest BCUT2D eigenvalue weighted by Gasteiger charge is 2.17. The molecule has 10 nitrogen and oxygen atoms in total. The summed E-state index contributed by atoms with van der Waals surface area (Å²) in [4.78, 5) is 17.2. The largest absolute Gasteiger partial charge is 0.493 e. The van der Waals surface area contributed by atoms with Crippen LogP contribution in [-0.4, -0.2) is 58.7 Å². The van der Waals surface area contributed by atoms with Crippen molar-refractivity contribution in [2.24, 2.45) is 0 Å². The molecular formula is C23H26N6O4S. The van der Waals surface area contributed by atoms with Crippen LogP contribution in [0.4, 0.5) is 0 Å². The van der Waals surface area contributed by atoms with E-state index in [1.54, 1.807) is 39.5 Å². The smallest absolute Gasteiger partial charge is 0.269 e. The number of aromatic nitrogens is 5. The highest BCUT2D eigenvalue weighted by molar-refractivity contribution is 7.12. The summed E-state index contributed by atoms with van der Waals surface area (Å²) >= 11 is 1.53. The van der Waals surface area contributed by atoms with Gasteiger partial charge in [0.25, 0.3) is 5.91 Å². The molecule has 0 spiro atoms. The van der Waals surface area contributed by atoms with E-state index in [1.807, 2.05) is 30.0 Å². The van der Waals surface area contributed by atoms with Crippen LogP contribution in [0.2, 0.25) is 0 Å². The molecule has 2 N–H and O–H groups in total. The average Bonchev–Trinajstić information content (AvgIpc) is 3.58. The van der Waals surface area contributed by atoms with E-state index in [-0.39, 0.29) is 5.91 Å². The van der Waals surface area contributed by atoms with Crippen LogP contribution in [0.1, 0.15) is 27.6 Å². The van der Waals surface area contributed by atoms with Gasteiger partial charge in [-0.25, -0.2) is 9.67 Å². The first-order valence-corrected chi connectivity index (χ1v) is 11.4. The number of nitrogens with zero attached hydrogens (tertiary/aromatic N) is 4. The Labute approximate surface area is 200 Å². The van der Waals surface area contributed by atoms with Crippen molar-refractivity contribution in [2.45, 2.75) is 20.3 Å². The highest BCUT2D eigenvalue weighted by Crippen LogP contribution is 2.40. The number of aryl methyl sites for hydroxylation is 2. The van der Waals surface area contributed by atoms with Crippen molar-refractivity contribution in [2.75, 3.05) is 27.9 Å². The van der Waals surface area contributed by atoms with Crippen LogP contribution in [0.25, 0.3) is 16.4 Å². The Morgan fingerprint density at radius 2 is 1.82 bits per heavy atom. The zero-order valence-electron chi connectivity index (χ0n) is 19.6. The maximum Gasteiger partial charge on any atom is 0.269 e. The second-order valence-corrected chi connectivity index (χ2v) is 8.38. The van der Waals surface area contributed by atoms with Crippen LogP contribution < -0.4 is 19.5 Å². The van der Waals surface area contributed by atoms with E-state index < -0.39 is 0 Å². The molecular weight excluding hydrogens is 456 g/mol. The van der Waals surface area contributed by atoms with Crippen LogP contribution in [0.5, 0.6) is 17.2 Å². The van der Waals surface area contributed by atoms with Crippen LogP contribution in [0.3, 0.4) is 0 Å². The van der Waals surface area contributed by atoms with E-state index in [0.717, 1.165) is 27.8 Å². The molecule has 0 atom stereocenters. The van der Waals surface area contributed by atoms with E-state index >= 15 is 0 Å². The molecule has 3 aromatic heterocycles. The van der Waals surface area contributed by atoms with Crippen LogP contribution >= 0.6 is 11.3 Å². The lowest BCUT2D eigenvalue weighted by Gasteiger charge is -2.13. The Morgan fingerprint density at radius 1 is 1.09 bits per heavy atom. The summed E-state index contributed by atoms with van der Waals surface area (Å²) in [6.45, 7) is 4.39. The normalized spacial score (nSPS) is 10.9. The second-order valence-electron chi connectivity index (χ2n) is 7.55. The molecule has 0 saturated carbocycles. The number of hydrogen-bond acceptors (Lipinski definition) is 8. The van der Waals surface area contributed by atoms with Gasteiger partial charge in [0.05, 0.1) is 38.4 Å².